The Kier molecular flexibility index (Phi) is 5.34. The first-order valence-electron chi connectivity index (χ1n) is 9.71. The highest BCUT2D eigenvalue weighted by Gasteiger charge is 2.31. The normalized spacial score (nSPS) is 16.5. The lowest BCUT2D eigenvalue weighted by atomic mass is 10.0. The zero-order valence-corrected chi connectivity index (χ0v) is 16.2. The summed E-state index contributed by atoms with van der Waals surface area (Å²) in [7, 11) is 0. The first-order valence-corrected chi connectivity index (χ1v) is 9.71. The van der Waals surface area contributed by atoms with E-state index in [9.17, 15) is 4.39 Å². The van der Waals surface area contributed by atoms with Crippen LogP contribution >= 0.6 is 0 Å². The Morgan fingerprint density at radius 1 is 0.893 bits per heavy atom. The molecule has 0 aliphatic carbocycles. The third kappa shape index (κ3) is 3.62. The van der Waals surface area contributed by atoms with Gasteiger partial charge in [-0.1, -0.05) is 42.5 Å². The molecular formula is C21H25FN6. The van der Waals surface area contributed by atoms with Crippen molar-refractivity contribution in [3.8, 4) is 0 Å². The van der Waals surface area contributed by atoms with Crippen LogP contribution in [0, 0.1) is 5.82 Å². The van der Waals surface area contributed by atoms with Crippen molar-refractivity contribution in [2.75, 3.05) is 31.1 Å². The van der Waals surface area contributed by atoms with Crippen molar-refractivity contribution < 1.29 is 4.39 Å². The summed E-state index contributed by atoms with van der Waals surface area (Å²) in [5, 5.41) is 12.5. The molecule has 0 amide bonds. The van der Waals surface area contributed by atoms with Crippen LogP contribution in [0.3, 0.4) is 0 Å². The highest BCUT2D eigenvalue weighted by Crippen LogP contribution is 2.30. The van der Waals surface area contributed by atoms with E-state index in [1.807, 2.05) is 35.0 Å². The standard InChI is InChI=1S/C21H25FN6/c1-16(2)28-21(23-24-25-28)20(17-8-4-3-5-9-17)27-14-12-26(13-15-27)19-11-7-6-10-18(19)22/h3-11,16,20H,12-15H2,1-2H3/t20-/m1/s1. The van der Waals surface area contributed by atoms with Gasteiger partial charge in [-0.3, -0.25) is 4.90 Å². The minimum atomic E-state index is -0.167. The molecule has 6 nitrogen and oxygen atoms in total. The van der Waals surface area contributed by atoms with Gasteiger partial charge in [-0.25, -0.2) is 9.07 Å². The van der Waals surface area contributed by atoms with Gasteiger partial charge in [0.1, 0.15) is 5.82 Å². The van der Waals surface area contributed by atoms with Gasteiger partial charge in [0.2, 0.25) is 0 Å². The van der Waals surface area contributed by atoms with E-state index in [1.54, 1.807) is 6.07 Å². The molecule has 1 aromatic heterocycles. The first kappa shape index (κ1) is 18.6. The Bertz CT molecular complexity index is 902. The maximum absolute atomic E-state index is 14.2. The molecule has 3 aromatic rings. The second kappa shape index (κ2) is 8.06. The van der Waals surface area contributed by atoms with Crippen molar-refractivity contribution in [3.63, 3.8) is 0 Å². The van der Waals surface area contributed by atoms with E-state index in [-0.39, 0.29) is 17.9 Å². The molecule has 1 aliphatic rings. The summed E-state index contributed by atoms with van der Waals surface area (Å²) < 4.78 is 16.1. The molecule has 0 bridgehead atoms. The van der Waals surface area contributed by atoms with E-state index in [1.165, 1.54) is 11.6 Å². The minimum absolute atomic E-state index is 0.0265. The molecule has 0 saturated carbocycles. The van der Waals surface area contributed by atoms with Crippen molar-refractivity contribution in [3.05, 3.63) is 71.8 Å². The topological polar surface area (TPSA) is 50.1 Å². The van der Waals surface area contributed by atoms with Crippen LogP contribution in [-0.4, -0.2) is 51.3 Å². The molecule has 2 heterocycles. The number of para-hydroxylation sites is 1. The summed E-state index contributed by atoms with van der Waals surface area (Å²) in [6, 6.07) is 17.5. The van der Waals surface area contributed by atoms with Crippen molar-refractivity contribution >= 4 is 5.69 Å². The molecule has 0 N–H and O–H groups in total. The Balaban J connectivity index is 1.60. The lowest BCUT2D eigenvalue weighted by molar-refractivity contribution is 0.198. The van der Waals surface area contributed by atoms with Crippen LogP contribution in [0.4, 0.5) is 10.1 Å². The Labute approximate surface area is 164 Å². The van der Waals surface area contributed by atoms with Crippen molar-refractivity contribution in [1.82, 2.24) is 25.1 Å². The van der Waals surface area contributed by atoms with E-state index in [2.05, 4.69) is 51.3 Å². The number of hydrogen-bond acceptors (Lipinski definition) is 5. The average molecular weight is 380 g/mol. The molecule has 1 aliphatic heterocycles. The molecule has 28 heavy (non-hydrogen) atoms. The summed E-state index contributed by atoms with van der Waals surface area (Å²) in [4.78, 5) is 4.50. The molecule has 4 rings (SSSR count). The number of piperazine rings is 1. The second-order valence-corrected chi connectivity index (χ2v) is 7.36. The number of aromatic nitrogens is 4. The number of nitrogens with zero attached hydrogens (tertiary/aromatic N) is 6. The monoisotopic (exact) mass is 380 g/mol. The van der Waals surface area contributed by atoms with Crippen LogP contribution in [0.15, 0.2) is 54.6 Å². The number of rotatable bonds is 5. The maximum atomic E-state index is 14.2. The van der Waals surface area contributed by atoms with Gasteiger partial charge in [-0.2, -0.15) is 0 Å². The molecule has 7 heteroatoms. The number of anilines is 1. The predicted octanol–water partition coefficient (Wildman–Crippen LogP) is 3.30. The van der Waals surface area contributed by atoms with Crippen LogP contribution < -0.4 is 4.90 Å². The molecule has 1 fully saturated rings. The first-order chi connectivity index (χ1) is 13.6. The zero-order valence-electron chi connectivity index (χ0n) is 16.2. The largest absolute Gasteiger partial charge is 0.367 e. The lowest BCUT2D eigenvalue weighted by Crippen LogP contribution is -2.48. The number of benzene rings is 2. The SMILES string of the molecule is CC(C)n1nnnc1[C@@H](c1ccccc1)N1CCN(c2ccccc2F)CC1. The fraction of sp³-hybridized carbons (Fsp3) is 0.381. The van der Waals surface area contributed by atoms with Crippen molar-refractivity contribution in [1.29, 1.82) is 0 Å². The summed E-state index contributed by atoms with van der Waals surface area (Å²) in [6.07, 6.45) is 0. The minimum Gasteiger partial charge on any atom is -0.367 e. The molecule has 0 spiro atoms. The molecule has 2 aromatic carbocycles. The molecule has 0 radical (unpaired) electrons. The third-order valence-corrected chi connectivity index (χ3v) is 5.24. The smallest absolute Gasteiger partial charge is 0.173 e. The van der Waals surface area contributed by atoms with E-state index >= 15 is 0 Å². The van der Waals surface area contributed by atoms with Gasteiger partial charge in [-0.15, -0.1) is 5.10 Å². The maximum Gasteiger partial charge on any atom is 0.173 e. The molecule has 0 unspecified atom stereocenters. The highest BCUT2D eigenvalue weighted by molar-refractivity contribution is 5.48. The third-order valence-electron chi connectivity index (χ3n) is 5.24. The fourth-order valence-electron chi connectivity index (χ4n) is 3.84. The van der Waals surface area contributed by atoms with Crippen molar-refractivity contribution in [2.24, 2.45) is 0 Å². The van der Waals surface area contributed by atoms with Gasteiger partial charge >= 0.3 is 0 Å². The quantitative estimate of drug-likeness (QED) is 0.680. The number of tetrazole rings is 1. The summed E-state index contributed by atoms with van der Waals surface area (Å²) in [6.45, 7) is 7.29. The van der Waals surface area contributed by atoms with Gasteiger partial charge in [0.25, 0.3) is 0 Å². The number of halogens is 1. The summed E-state index contributed by atoms with van der Waals surface area (Å²) in [5.74, 6) is 0.680. The van der Waals surface area contributed by atoms with Crippen LogP contribution in [0.25, 0.3) is 0 Å². The Morgan fingerprint density at radius 2 is 1.57 bits per heavy atom. The second-order valence-electron chi connectivity index (χ2n) is 7.36. The average Bonchev–Trinajstić information content (AvgIpc) is 3.20. The van der Waals surface area contributed by atoms with E-state index in [4.69, 9.17) is 0 Å². The molecular weight excluding hydrogens is 355 g/mol. The van der Waals surface area contributed by atoms with Crippen molar-refractivity contribution in [2.45, 2.75) is 25.9 Å². The van der Waals surface area contributed by atoms with Gasteiger partial charge in [0, 0.05) is 26.2 Å². The van der Waals surface area contributed by atoms with Gasteiger partial charge in [-0.05, 0) is 42.0 Å². The van der Waals surface area contributed by atoms with Crippen LogP contribution in [0.1, 0.15) is 37.3 Å². The Morgan fingerprint density at radius 3 is 2.25 bits per heavy atom. The van der Waals surface area contributed by atoms with E-state index < -0.39 is 0 Å². The summed E-state index contributed by atoms with van der Waals surface area (Å²) in [5.41, 5.74) is 1.84. The molecule has 146 valence electrons. The molecule has 1 saturated heterocycles. The number of hydrogen-bond donors (Lipinski definition) is 0. The molecule has 1 atom stereocenters. The lowest BCUT2D eigenvalue weighted by Gasteiger charge is -2.40. The van der Waals surface area contributed by atoms with E-state index in [0.717, 1.165) is 32.0 Å². The highest BCUT2D eigenvalue weighted by atomic mass is 19.1. The van der Waals surface area contributed by atoms with Gasteiger partial charge in [0.15, 0.2) is 5.82 Å². The zero-order chi connectivity index (χ0) is 19.5. The van der Waals surface area contributed by atoms with Crippen LogP contribution in [-0.2, 0) is 0 Å². The predicted molar refractivity (Wildman–Crippen MR) is 107 cm³/mol. The van der Waals surface area contributed by atoms with Crippen LogP contribution in [0.5, 0.6) is 0 Å². The van der Waals surface area contributed by atoms with Gasteiger partial charge < -0.3 is 4.90 Å². The fourth-order valence-corrected chi connectivity index (χ4v) is 3.84. The van der Waals surface area contributed by atoms with Gasteiger partial charge in [0.05, 0.1) is 17.8 Å². The summed E-state index contributed by atoms with van der Waals surface area (Å²) >= 11 is 0. The van der Waals surface area contributed by atoms with Crippen LogP contribution in [0.2, 0.25) is 0 Å². The Hall–Kier alpha value is -2.80. The van der Waals surface area contributed by atoms with E-state index in [0.29, 0.717) is 5.69 Å².